The Bertz CT molecular complexity index is 933. The molecule has 10 heteroatoms. The number of hydrogen-bond acceptors (Lipinski definition) is 6. The summed E-state index contributed by atoms with van der Waals surface area (Å²) in [5, 5.41) is -0.828. The monoisotopic (exact) mass is 409 g/mol. The van der Waals surface area contributed by atoms with Gasteiger partial charge in [-0.2, -0.15) is 0 Å². The summed E-state index contributed by atoms with van der Waals surface area (Å²) < 4.78 is 73.8. The lowest BCUT2D eigenvalue weighted by molar-refractivity contribution is 0.447. The van der Waals surface area contributed by atoms with Crippen LogP contribution in [0, 0.1) is 5.92 Å². The van der Waals surface area contributed by atoms with E-state index in [0.29, 0.717) is 6.42 Å². The molecule has 0 bridgehead atoms. The first-order chi connectivity index (χ1) is 11.4. The van der Waals surface area contributed by atoms with Crippen LogP contribution in [0.3, 0.4) is 0 Å². The van der Waals surface area contributed by atoms with E-state index in [1.807, 2.05) is 6.92 Å². The Morgan fingerprint density at radius 1 is 0.920 bits per heavy atom. The molecule has 0 spiro atoms. The maximum Gasteiger partial charge on any atom is 0.211 e. The third-order valence-electron chi connectivity index (χ3n) is 4.45. The first-order valence-corrected chi connectivity index (χ1v) is 13.1. The van der Waals surface area contributed by atoms with Gasteiger partial charge in [0.1, 0.15) is 0 Å². The zero-order valence-electron chi connectivity index (χ0n) is 14.4. The smallest absolute Gasteiger partial charge is 0.211 e. The molecule has 2 atom stereocenters. The van der Waals surface area contributed by atoms with Crippen LogP contribution in [0.1, 0.15) is 19.8 Å². The van der Waals surface area contributed by atoms with Crippen LogP contribution in [0.4, 0.5) is 0 Å². The number of sulfone groups is 2. The molecule has 1 unspecified atom stereocenters. The predicted molar refractivity (Wildman–Crippen MR) is 95.3 cm³/mol. The Balaban J connectivity index is 2.39. The Morgan fingerprint density at radius 3 is 1.88 bits per heavy atom. The molecule has 25 heavy (non-hydrogen) atoms. The number of hydrogen-bond donors (Lipinski definition) is 0. The SMILES string of the molecule is CCC[C@@H]1CN(S(C)(=O)=O)CC1S(=O)(=O)c1ccc(S(C)(=O)=O)cc1. The fourth-order valence-electron chi connectivity index (χ4n) is 3.12. The van der Waals surface area contributed by atoms with Crippen molar-refractivity contribution in [1.29, 1.82) is 0 Å². The molecular formula is C15H23NO6S3. The maximum absolute atomic E-state index is 13.0. The van der Waals surface area contributed by atoms with E-state index in [2.05, 4.69) is 0 Å². The van der Waals surface area contributed by atoms with Crippen molar-refractivity contribution in [3.05, 3.63) is 24.3 Å². The highest BCUT2D eigenvalue weighted by molar-refractivity contribution is 7.92. The molecule has 1 aromatic carbocycles. The van der Waals surface area contributed by atoms with Crippen LogP contribution in [0.5, 0.6) is 0 Å². The molecule has 0 radical (unpaired) electrons. The third-order valence-corrected chi connectivity index (χ3v) is 9.08. The second-order valence-corrected chi connectivity index (χ2v) is 12.6. The molecule has 1 heterocycles. The van der Waals surface area contributed by atoms with E-state index in [-0.39, 0.29) is 28.8 Å². The van der Waals surface area contributed by atoms with E-state index >= 15 is 0 Å². The maximum atomic E-state index is 13.0. The van der Waals surface area contributed by atoms with Crippen LogP contribution in [0.2, 0.25) is 0 Å². The minimum atomic E-state index is -3.77. The largest absolute Gasteiger partial charge is 0.224 e. The lowest BCUT2D eigenvalue weighted by atomic mass is 10.0. The molecule has 0 amide bonds. The second-order valence-electron chi connectivity index (χ2n) is 6.46. The molecule has 1 aliphatic heterocycles. The predicted octanol–water partition coefficient (Wildman–Crippen LogP) is 0.924. The Morgan fingerprint density at radius 2 is 1.44 bits per heavy atom. The summed E-state index contributed by atoms with van der Waals surface area (Å²) in [6.07, 6.45) is 3.49. The van der Waals surface area contributed by atoms with Crippen molar-refractivity contribution in [1.82, 2.24) is 4.31 Å². The van der Waals surface area contributed by atoms with E-state index in [0.717, 1.165) is 18.9 Å². The molecule has 1 fully saturated rings. The fraction of sp³-hybridized carbons (Fsp3) is 0.600. The van der Waals surface area contributed by atoms with E-state index in [1.54, 1.807) is 0 Å². The molecule has 1 aromatic rings. The molecule has 1 saturated heterocycles. The summed E-state index contributed by atoms with van der Waals surface area (Å²) >= 11 is 0. The normalized spacial score (nSPS) is 23.0. The van der Waals surface area contributed by atoms with Crippen molar-refractivity contribution < 1.29 is 25.3 Å². The van der Waals surface area contributed by atoms with Crippen LogP contribution >= 0.6 is 0 Å². The van der Waals surface area contributed by atoms with Crippen molar-refractivity contribution in [2.75, 3.05) is 25.6 Å². The minimum Gasteiger partial charge on any atom is -0.224 e. The summed E-state index contributed by atoms with van der Waals surface area (Å²) in [4.78, 5) is 0.0575. The van der Waals surface area contributed by atoms with Gasteiger partial charge in [0.25, 0.3) is 0 Å². The van der Waals surface area contributed by atoms with Gasteiger partial charge in [-0.3, -0.25) is 0 Å². The number of nitrogens with zero attached hydrogens (tertiary/aromatic N) is 1. The molecule has 2 rings (SSSR count). The van der Waals surface area contributed by atoms with Crippen molar-refractivity contribution in [3.8, 4) is 0 Å². The number of rotatable bonds is 6. The lowest BCUT2D eigenvalue weighted by Gasteiger charge is -2.18. The first kappa shape index (κ1) is 20.3. The third kappa shape index (κ3) is 4.42. The standard InChI is InChI=1S/C15H23NO6S3/c1-4-5-12-10-16(24(3,19)20)11-15(12)25(21,22)14-8-6-13(7-9-14)23(2,17)18/h6-9,12,15H,4-5,10-11H2,1-3H3/t12-,15?/m1/s1. The molecule has 7 nitrogen and oxygen atoms in total. The quantitative estimate of drug-likeness (QED) is 0.692. The van der Waals surface area contributed by atoms with Gasteiger partial charge in [-0.25, -0.2) is 29.6 Å². The zero-order valence-corrected chi connectivity index (χ0v) is 16.9. The van der Waals surface area contributed by atoms with E-state index < -0.39 is 34.9 Å². The van der Waals surface area contributed by atoms with Crippen molar-refractivity contribution in [2.24, 2.45) is 5.92 Å². The van der Waals surface area contributed by atoms with Gasteiger partial charge in [0.05, 0.1) is 21.3 Å². The first-order valence-electron chi connectivity index (χ1n) is 7.86. The summed E-state index contributed by atoms with van der Waals surface area (Å²) in [7, 11) is -10.6. The van der Waals surface area contributed by atoms with Gasteiger partial charge in [0.15, 0.2) is 19.7 Å². The van der Waals surface area contributed by atoms with Crippen LogP contribution in [-0.4, -0.2) is 60.4 Å². The van der Waals surface area contributed by atoms with Crippen LogP contribution in [0.25, 0.3) is 0 Å². The van der Waals surface area contributed by atoms with E-state index in [4.69, 9.17) is 0 Å². The summed E-state index contributed by atoms with van der Waals surface area (Å²) in [6, 6.07) is 5.08. The molecule has 142 valence electrons. The van der Waals surface area contributed by atoms with Crippen LogP contribution in [0.15, 0.2) is 34.1 Å². The number of benzene rings is 1. The highest BCUT2D eigenvalue weighted by atomic mass is 32.2. The van der Waals surface area contributed by atoms with Crippen molar-refractivity contribution in [3.63, 3.8) is 0 Å². The molecular weight excluding hydrogens is 386 g/mol. The highest BCUT2D eigenvalue weighted by Gasteiger charge is 2.44. The molecule has 0 aromatic heterocycles. The van der Waals surface area contributed by atoms with Gasteiger partial charge in [-0.15, -0.1) is 0 Å². The fourth-order valence-corrected chi connectivity index (χ4v) is 6.71. The van der Waals surface area contributed by atoms with Gasteiger partial charge >= 0.3 is 0 Å². The zero-order chi connectivity index (χ0) is 19.0. The van der Waals surface area contributed by atoms with Crippen molar-refractivity contribution in [2.45, 2.75) is 34.8 Å². The summed E-state index contributed by atoms with van der Waals surface area (Å²) in [6.45, 7) is 2.05. The van der Waals surface area contributed by atoms with Gasteiger partial charge in [0.2, 0.25) is 10.0 Å². The second kappa shape index (κ2) is 6.98. The van der Waals surface area contributed by atoms with Crippen LogP contribution in [-0.2, 0) is 29.7 Å². The van der Waals surface area contributed by atoms with Gasteiger partial charge in [0, 0.05) is 19.3 Å². The number of sulfonamides is 1. The van der Waals surface area contributed by atoms with Crippen LogP contribution < -0.4 is 0 Å². The average molecular weight is 410 g/mol. The van der Waals surface area contributed by atoms with E-state index in [1.165, 1.54) is 28.6 Å². The Labute approximate surface area is 149 Å². The minimum absolute atomic E-state index is 0.0151. The van der Waals surface area contributed by atoms with Gasteiger partial charge < -0.3 is 0 Å². The molecule has 0 N–H and O–H groups in total. The Hall–Kier alpha value is -0.970. The summed E-state index contributed by atoms with van der Waals surface area (Å²) in [5.74, 6) is -0.278. The highest BCUT2D eigenvalue weighted by Crippen LogP contribution is 2.32. The molecule has 1 aliphatic rings. The van der Waals surface area contributed by atoms with E-state index in [9.17, 15) is 25.3 Å². The molecule has 0 aliphatic carbocycles. The van der Waals surface area contributed by atoms with Gasteiger partial charge in [-0.05, 0) is 36.6 Å². The van der Waals surface area contributed by atoms with Crippen molar-refractivity contribution >= 4 is 29.7 Å². The lowest BCUT2D eigenvalue weighted by Crippen LogP contribution is -2.32. The topological polar surface area (TPSA) is 106 Å². The summed E-state index contributed by atoms with van der Waals surface area (Å²) in [5.41, 5.74) is 0. The van der Waals surface area contributed by atoms with Gasteiger partial charge in [-0.1, -0.05) is 13.3 Å². The average Bonchev–Trinajstić information content (AvgIpc) is 2.92. The Kier molecular flexibility index (Phi) is 5.68. The molecule has 0 saturated carbocycles.